The Morgan fingerprint density at radius 2 is 1.43 bits per heavy atom. The van der Waals surface area contributed by atoms with Crippen molar-refractivity contribution in [2.75, 3.05) is 26.4 Å². The van der Waals surface area contributed by atoms with Gasteiger partial charge in [0.15, 0.2) is 0 Å². The van der Waals surface area contributed by atoms with Crippen LogP contribution in [0, 0.1) is 0 Å². The van der Waals surface area contributed by atoms with Crippen molar-refractivity contribution in [2.24, 2.45) is 0 Å². The summed E-state index contributed by atoms with van der Waals surface area (Å²) in [5.74, 6) is 1.41. The Morgan fingerprint density at radius 1 is 0.857 bits per heavy atom. The fraction of sp³-hybridized carbons (Fsp3) is 0.500. The van der Waals surface area contributed by atoms with Gasteiger partial charge >= 0.3 is 5.97 Å². The summed E-state index contributed by atoms with van der Waals surface area (Å²) in [5, 5.41) is 0. The van der Waals surface area contributed by atoms with E-state index in [4.69, 9.17) is 18.9 Å². The van der Waals surface area contributed by atoms with Gasteiger partial charge in [-0.1, -0.05) is 63.5 Å². The molecule has 1 heterocycles. The fourth-order valence-corrected chi connectivity index (χ4v) is 3.96. The fourth-order valence-electron chi connectivity index (χ4n) is 3.96. The quantitative estimate of drug-likeness (QED) is 0.0982. The highest BCUT2D eigenvalue weighted by Crippen LogP contribution is 2.34. The van der Waals surface area contributed by atoms with Crippen LogP contribution in [0.5, 0.6) is 11.5 Å². The van der Waals surface area contributed by atoms with Crippen molar-refractivity contribution in [3.8, 4) is 22.6 Å². The Bertz CT molecular complexity index is 884. The predicted molar refractivity (Wildman–Crippen MR) is 140 cm³/mol. The number of esters is 1. The molecule has 0 aliphatic carbocycles. The van der Waals surface area contributed by atoms with E-state index in [2.05, 4.69) is 37.8 Å². The molecule has 0 bridgehead atoms. The summed E-state index contributed by atoms with van der Waals surface area (Å²) in [6, 6.07) is 16.5. The zero-order chi connectivity index (χ0) is 24.8. The number of rotatable bonds is 18. The van der Waals surface area contributed by atoms with E-state index in [-0.39, 0.29) is 11.6 Å². The Morgan fingerprint density at radius 3 is 2.00 bits per heavy atom. The topological polar surface area (TPSA) is 57.3 Å². The number of ether oxygens (including phenoxy) is 4. The second-order valence-corrected chi connectivity index (χ2v) is 9.25. The first-order valence-electron chi connectivity index (χ1n) is 13.0. The highest BCUT2D eigenvalue weighted by Gasteiger charge is 2.44. The molecule has 1 aliphatic heterocycles. The molecule has 0 aromatic heterocycles. The lowest BCUT2D eigenvalue weighted by Gasteiger charge is -2.14. The molecule has 5 nitrogen and oxygen atoms in total. The maximum absolute atomic E-state index is 11.0. The largest absolute Gasteiger partial charge is 0.494 e. The molecule has 35 heavy (non-hydrogen) atoms. The molecule has 5 heteroatoms. The number of unbranched alkanes of at least 4 members (excludes halogenated alkanes) is 6. The van der Waals surface area contributed by atoms with Gasteiger partial charge in [0.25, 0.3) is 0 Å². The molecule has 1 atom stereocenters. The molecule has 3 rings (SSSR count). The van der Waals surface area contributed by atoms with Crippen LogP contribution < -0.4 is 9.47 Å². The lowest BCUT2D eigenvalue weighted by molar-refractivity contribution is -0.137. The number of epoxide rings is 1. The maximum atomic E-state index is 11.0. The standard InChI is InChI=1S/C30H40O5/c1-3-5-6-9-20-30(24-35-30)23-34-28-18-14-26(15-19-28)25-12-16-27(17-13-25)32-21-10-7-8-11-22-33-29(31)4-2/h4,12-19H,2-3,5-11,20-24H2,1H3/t30-/m1/s1. The van der Waals surface area contributed by atoms with E-state index in [0.29, 0.717) is 19.8 Å². The number of carbonyl (C=O) groups is 1. The van der Waals surface area contributed by atoms with Gasteiger partial charge in [-0.25, -0.2) is 4.79 Å². The number of carbonyl (C=O) groups excluding carboxylic acids is 1. The van der Waals surface area contributed by atoms with E-state index in [1.807, 2.05) is 24.3 Å². The molecule has 0 radical (unpaired) electrons. The van der Waals surface area contributed by atoms with Crippen LogP contribution in [-0.4, -0.2) is 38.0 Å². The normalized spacial score (nSPS) is 16.5. The summed E-state index contributed by atoms with van der Waals surface area (Å²) in [5.41, 5.74) is 2.25. The molecular weight excluding hydrogens is 440 g/mol. The minimum Gasteiger partial charge on any atom is -0.494 e. The smallest absolute Gasteiger partial charge is 0.330 e. The van der Waals surface area contributed by atoms with E-state index in [9.17, 15) is 4.79 Å². The second-order valence-electron chi connectivity index (χ2n) is 9.25. The number of hydrogen-bond acceptors (Lipinski definition) is 5. The number of hydrogen-bond donors (Lipinski definition) is 0. The minimum absolute atomic E-state index is 0.0531. The molecule has 0 saturated carbocycles. The summed E-state index contributed by atoms with van der Waals surface area (Å²) in [4.78, 5) is 11.0. The van der Waals surface area contributed by atoms with E-state index in [1.165, 1.54) is 31.8 Å². The molecule has 1 saturated heterocycles. The SMILES string of the molecule is C=CC(=O)OCCCCCCOc1ccc(-c2ccc(OC[C@]3(CCCCCC)CO3)cc2)cc1. The first-order chi connectivity index (χ1) is 17.1. The first kappa shape index (κ1) is 26.8. The van der Waals surface area contributed by atoms with Gasteiger partial charge in [0.1, 0.15) is 23.7 Å². The van der Waals surface area contributed by atoms with Crippen LogP contribution >= 0.6 is 0 Å². The molecule has 2 aromatic rings. The zero-order valence-corrected chi connectivity index (χ0v) is 21.1. The van der Waals surface area contributed by atoms with Crippen LogP contribution in [0.3, 0.4) is 0 Å². The van der Waals surface area contributed by atoms with Gasteiger partial charge in [0, 0.05) is 6.08 Å². The molecule has 0 spiro atoms. The Balaban J connectivity index is 1.33. The van der Waals surface area contributed by atoms with Crippen molar-refractivity contribution in [3.05, 3.63) is 61.2 Å². The van der Waals surface area contributed by atoms with Gasteiger partial charge < -0.3 is 18.9 Å². The van der Waals surface area contributed by atoms with Gasteiger partial charge in [0.05, 0.1) is 19.8 Å². The summed E-state index contributed by atoms with van der Waals surface area (Å²) >= 11 is 0. The van der Waals surface area contributed by atoms with Crippen LogP contribution in [0.2, 0.25) is 0 Å². The van der Waals surface area contributed by atoms with Crippen molar-refractivity contribution >= 4 is 5.97 Å². The lowest BCUT2D eigenvalue weighted by atomic mass is 10.0. The molecule has 1 aliphatic rings. The van der Waals surface area contributed by atoms with E-state index >= 15 is 0 Å². The first-order valence-corrected chi connectivity index (χ1v) is 13.0. The highest BCUT2D eigenvalue weighted by atomic mass is 16.6. The van der Waals surface area contributed by atoms with Gasteiger partial charge in [-0.15, -0.1) is 0 Å². The van der Waals surface area contributed by atoms with E-state index in [1.54, 1.807) is 0 Å². The van der Waals surface area contributed by atoms with Gasteiger partial charge in [-0.2, -0.15) is 0 Å². The van der Waals surface area contributed by atoms with Crippen LogP contribution in [0.4, 0.5) is 0 Å². The highest BCUT2D eigenvalue weighted by molar-refractivity contribution is 5.81. The van der Waals surface area contributed by atoms with E-state index < -0.39 is 0 Å². The molecule has 2 aromatic carbocycles. The third-order valence-corrected chi connectivity index (χ3v) is 6.30. The molecule has 0 unspecified atom stereocenters. The van der Waals surface area contributed by atoms with Gasteiger partial charge in [0.2, 0.25) is 0 Å². The molecule has 0 N–H and O–H groups in total. The van der Waals surface area contributed by atoms with Crippen molar-refractivity contribution in [1.29, 1.82) is 0 Å². The third kappa shape index (κ3) is 9.77. The number of benzene rings is 2. The molecule has 0 amide bonds. The Labute approximate surface area is 210 Å². The Kier molecular flexibility index (Phi) is 11.2. The Hall–Kier alpha value is -2.79. The van der Waals surface area contributed by atoms with Crippen molar-refractivity contribution in [1.82, 2.24) is 0 Å². The van der Waals surface area contributed by atoms with E-state index in [0.717, 1.165) is 61.3 Å². The average molecular weight is 481 g/mol. The summed E-state index contributed by atoms with van der Waals surface area (Å²) in [6.45, 7) is 8.20. The molecule has 1 fully saturated rings. The van der Waals surface area contributed by atoms with Crippen LogP contribution in [-0.2, 0) is 14.3 Å². The van der Waals surface area contributed by atoms with Crippen molar-refractivity contribution < 1.29 is 23.7 Å². The predicted octanol–water partition coefficient (Wildman–Crippen LogP) is 7.14. The lowest BCUT2D eigenvalue weighted by Crippen LogP contribution is -2.21. The minimum atomic E-state index is -0.355. The zero-order valence-electron chi connectivity index (χ0n) is 21.1. The summed E-state index contributed by atoms with van der Waals surface area (Å²) in [6.07, 6.45) is 11.2. The molecule has 190 valence electrons. The second kappa shape index (κ2) is 14.6. The van der Waals surface area contributed by atoms with Crippen molar-refractivity contribution in [3.63, 3.8) is 0 Å². The van der Waals surface area contributed by atoms with Gasteiger partial charge in [-0.05, 0) is 67.5 Å². The monoisotopic (exact) mass is 480 g/mol. The summed E-state index contributed by atoms with van der Waals surface area (Å²) < 4.78 is 22.6. The van der Waals surface area contributed by atoms with Crippen LogP contribution in [0.15, 0.2) is 61.2 Å². The average Bonchev–Trinajstić information content (AvgIpc) is 3.67. The van der Waals surface area contributed by atoms with Crippen molar-refractivity contribution in [2.45, 2.75) is 70.3 Å². The summed E-state index contributed by atoms with van der Waals surface area (Å²) in [7, 11) is 0. The molecular formula is C30H40O5. The third-order valence-electron chi connectivity index (χ3n) is 6.30. The van der Waals surface area contributed by atoms with Gasteiger partial charge in [-0.3, -0.25) is 0 Å². The van der Waals surface area contributed by atoms with Crippen LogP contribution in [0.25, 0.3) is 11.1 Å². The van der Waals surface area contributed by atoms with Crippen LogP contribution in [0.1, 0.15) is 64.7 Å². The maximum Gasteiger partial charge on any atom is 0.330 e.